The first-order chi connectivity index (χ1) is 12.6. The van der Waals surface area contributed by atoms with E-state index >= 15 is 0 Å². The third kappa shape index (κ3) is 4.07. The number of anilines is 1. The molecule has 26 heavy (non-hydrogen) atoms. The summed E-state index contributed by atoms with van der Waals surface area (Å²) in [6, 6.07) is 7.80. The van der Waals surface area contributed by atoms with E-state index in [1.54, 1.807) is 6.20 Å². The number of fused-ring (bicyclic) bond motifs is 1. The lowest BCUT2D eigenvalue weighted by Crippen LogP contribution is -2.47. The van der Waals surface area contributed by atoms with Gasteiger partial charge in [-0.2, -0.15) is 0 Å². The summed E-state index contributed by atoms with van der Waals surface area (Å²) in [7, 11) is 0. The number of amides is 1. The van der Waals surface area contributed by atoms with Crippen molar-refractivity contribution in [3.8, 4) is 0 Å². The summed E-state index contributed by atoms with van der Waals surface area (Å²) in [6.07, 6.45) is 4.35. The SMILES string of the molecule is C[C@@H]1COCCN1CC(=O)Nc1cc2cc(/C(C=N)=C/N)ccc2cn1. The number of nitrogens with zero attached hydrogens (tertiary/aromatic N) is 2. The third-order valence-electron chi connectivity index (χ3n) is 4.51. The number of nitrogens with two attached hydrogens (primary N) is 1. The first kappa shape index (κ1) is 18.0. The number of ether oxygens (including phenoxy) is 1. The number of hydrogen-bond acceptors (Lipinski definition) is 6. The summed E-state index contributed by atoms with van der Waals surface area (Å²) in [4.78, 5) is 18.8. The first-order valence-corrected chi connectivity index (χ1v) is 8.55. The van der Waals surface area contributed by atoms with E-state index in [0.29, 0.717) is 31.1 Å². The van der Waals surface area contributed by atoms with Crippen molar-refractivity contribution in [2.45, 2.75) is 13.0 Å². The highest BCUT2D eigenvalue weighted by Gasteiger charge is 2.21. The van der Waals surface area contributed by atoms with Gasteiger partial charge in [0.2, 0.25) is 5.91 Å². The van der Waals surface area contributed by atoms with Crippen molar-refractivity contribution in [2.75, 3.05) is 31.6 Å². The summed E-state index contributed by atoms with van der Waals surface area (Å²) in [5.41, 5.74) is 7.04. The van der Waals surface area contributed by atoms with Crippen molar-refractivity contribution in [2.24, 2.45) is 5.73 Å². The van der Waals surface area contributed by atoms with Gasteiger partial charge in [0.05, 0.1) is 19.8 Å². The fourth-order valence-electron chi connectivity index (χ4n) is 2.98. The van der Waals surface area contributed by atoms with Gasteiger partial charge in [0.1, 0.15) is 5.82 Å². The molecule has 0 spiro atoms. The topological polar surface area (TPSA) is 104 Å². The number of rotatable bonds is 5. The Balaban J connectivity index is 1.75. The Morgan fingerprint density at radius 2 is 2.31 bits per heavy atom. The van der Waals surface area contributed by atoms with Crippen LogP contribution in [0.1, 0.15) is 12.5 Å². The van der Waals surface area contributed by atoms with Crippen LogP contribution < -0.4 is 11.1 Å². The fourth-order valence-corrected chi connectivity index (χ4v) is 2.98. The Hall–Kier alpha value is -2.77. The fraction of sp³-hybridized carbons (Fsp3) is 0.316. The van der Waals surface area contributed by atoms with Crippen molar-refractivity contribution in [3.63, 3.8) is 0 Å². The third-order valence-corrected chi connectivity index (χ3v) is 4.51. The molecule has 1 aromatic carbocycles. The Labute approximate surface area is 152 Å². The second kappa shape index (κ2) is 8.07. The minimum atomic E-state index is -0.0937. The molecule has 1 aliphatic heterocycles. The summed E-state index contributed by atoms with van der Waals surface area (Å²) < 4.78 is 5.39. The molecule has 7 heteroatoms. The number of morpholine rings is 1. The molecule has 1 saturated heterocycles. The van der Waals surface area contributed by atoms with Crippen LogP contribution in [-0.2, 0) is 9.53 Å². The minimum Gasteiger partial charge on any atom is -0.404 e. The molecule has 2 aromatic rings. The highest BCUT2D eigenvalue weighted by atomic mass is 16.5. The Bertz CT molecular complexity index is 849. The molecule has 0 radical (unpaired) electrons. The molecule has 7 nitrogen and oxygen atoms in total. The largest absolute Gasteiger partial charge is 0.404 e. The van der Waals surface area contributed by atoms with Crippen molar-refractivity contribution in [3.05, 3.63) is 42.2 Å². The van der Waals surface area contributed by atoms with Gasteiger partial charge < -0.3 is 21.2 Å². The van der Waals surface area contributed by atoms with E-state index < -0.39 is 0 Å². The molecule has 1 aromatic heterocycles. The average molecular weight is 353 g/mol. The monoisotopic (exact) mass is 353 g/mol. The van der Waals surface area contributed by atoms with E-state index in [-0.39, 0.29) is 11.9 Å². The Kier molecular flexibility index (Phi) is 5.60. The van der Waals surface area contributed by atoms with Crippen LogP contribution in [0.2, 0.25) is 0 Å². The summed E-state index contributed by atoms with van der Waals surface area (Å²) >= 11 is 0. The maximum absolute atomic E-state index is 12.3. The Morgan fingerprint density at radius 1 is 1.46 bits per heavy atom. The van der Waals surface area contributed by atoms with Crippen LogP contribution in [0.3, 0.4) is 0 Å². The van der Waals surface area contributed by atoms with E-state index in [2.05, 4.69) is 15.2 Å². The van der Waals surface area contributed by atoms with Gasteiger partial charge in [-0.15, -0.1) is 0 Å². The molecule has 136 valence electrons. The van der Waals surface area contributed by atoms with E-state index in [1.165, 1.54) is 12.4 Å². The van der Waals surface area contributed by atoms with Gasteiger partial charge in [-0.3, -0.25) is 9.69 Å². The van der Waals surface area contributed by atoms with Crippen LogP contribution in [0.25, 0.3) is 16.3 Å². The van der Waals surface area contributed by atoms with Gasteiger partial charge in [0, 0.05) is 42.2 Å². The second-order valence-electron chi connectivity index (χ2n) is 6.34. The summed E-state index contributed by atoms with van der Waals surface area (Å²) in [6.45, 7) is 4.42. The maximum Gasteiger partial charge on any atom is 0.239 e. The Morgan fingerprint density at radius 3 is 3.04 bits per heavy atom. The molecule has 0 aliphatic carbocycles. The van der Waals surface area contributed by atoms with Crippen LogP contribution in [0, 0.1) is 5.41 Å². The molecule has 2 heterocycles. The normalized spacial score (nSPS) is 18.7. The number of hydrogen-bond donors (Lipinski definition) is 3. The van der Waals surface area contributed by atoms with Crippen molar-refractivity contribution in [1.29, 1.82) is 5.41 Å². The highest BCUT2D eigenvalue weighted by Crippen LogP contribution is 2.22. The van der Waals surface area contributed by atoms with Crippen LogP contribution in [-0.4, -0.2) is 54.4 Å². The van der Waals surface area contributed by atoms with Gasteiger partial charge in [-0.05, 0) is 30.0 Å². The van der Waals surface area contributed by atoms with Crippen LogP contribution in [0.15, 0.2) is 36.7 Å². The van der Waals surface area contributed by atoms with Gasteiger partial charge in [0.25, 0.3) is 0 Å². The zero-order valence-electron chi connectivity index (χ0n) is 14.7. The molecule has 3 rings (SSSR count). The van der Waals surface area contributed by atoms with Crippen molar-refractivity contribution in [1.82, 2.24) is 9.88 Å². The van der Waals surface area contributed by atoms with Crippen molar-refractivity contribution < 1.29 is 9.53 Å². The number of carbonyl (C=O) groups excluding carboxylic acids is 1. The highest BCUT2D eigenvalue weighted by molar-refractivity contribution is 6.09. The molecule has 4 N–H and O–H groups in total. The zero-order valence-corrected chi connectivity index (χ0v) is 14.7. The van der Waals surface area contributed by atoms with E-state index in [1.807, 2.05) is 31.2 Å². The molecule has 0 unspecified atom stereocenters. The first-order valence-electron chi connectivity index (χ1n) is 8.55. The molecule has 1 amide bonds. The molecule has 0 saturated carbocycles. The van der Waals surface area contributed by atoms with Gasteiger partial charge in [-0.1, -0.05) is 12.1 Å². The number of nitrogens with one attached hydrogen (secondary N) is 2. The molecule has 1 fully saturated rings. The second-order valence-corrected chi connectivity index (χ2v) is 6.34. The molecular weight excluding hydrogens is 330 g/mol. The van der Waals surface area contributed by atoms with E-state index in [4.69, 9.17) is 15.9 Å². The minimum absolute atomic E-state index is 0.0937. The zero-order chi connectivity index (χ0) is 18.5. The van der Waals surface area contributed by atoms with Gasteiger partial charge in [0.15, 0.2) is 0 Å². The summed E-state index contributed by atoms with van der Waals surface area (Å²) in [5, 5.41) is 12.2. The predicted molar refractivity (Wildman–Crippen MR) is 103 cm³/mol. The number of carbonyl (C=O) groups is 1. The number of allylic oxidation sites excluding steroid dienone is 1. The predicted octanol–water partition coefficient (Wildman–Crippen LogP) is 1.84. The average Bonchev–Trinajstić information content (AvgIpc) is 2.64. The number of aromatic nitrogens is 1. The molecule has 0 bridgehead atoms. The van der Waals surface area contributed by atoms with Crippen LogP contribution in [0.5, 0.6) is 0 Å². The number of benzene rings is 1. The standard InChI is InChI=1S/C19H23N5O2/c1-13-12-26-5-4-24(13)11-19(25)23-18-7-16-6-14(17(8-20)9-21)2-3-15(16)10-22-18/h2-3,6-10,13,20H,4-5,11-12,21H2,1H3,(H,22,23,25)/b17-9+,20-8?/t13-/m1/s1. The van der Waals surface area contributed by atoms with Gasteiger partial charge >= 0.3 is 0 Å². The molecular formula is C19H23N5O2. The van der Waals surface area contributed by atoms with Crippen molar-refractivity contribution >= 4 is 34.3 Å². The van der Waals surface area contributed by atoms with Crippen LogP contribution >= 0.6 is 0 Å². The van der Waals surface area contributed by atoms with Crippen LogP contribution in [0.4, 0.5) is 5.82 Å². The van der Waals surface area contributed by atoms with E-state index in [9.17, 15) is 4.79 Å². The molecule has 1 aliphatic rings. The lowest BCUT2D eigenvalue weighted by molar-refractivity contribution is -0.119. The number of pyridine rings is 1. The molecule has 1 atom stereocenters. The smallest absolute Gasteiger partial charge is 0.239 e. The van der Waals surface area contributed by atoms with Gasteiger partial charge in [-0.25, -0.2) is 4.98 Å². The quantitative estimate of drug-likeness (QED) is 0.712. The summed E-state index contributed by atoms with van der Waals surface area (Å²) in [5.74, 6) is 0.414. The maximum atomic E-state index is 12.3. The lowest BCUT2D eigenvalue weighted by Gasteiger charge is -2.32. The lowest BCUT2D eigenvalue weighted by atomic mass is 10.0. The van der Waals surface area contributed by atoms with E-state index in [0.717, 1.165) is 22.9 Å².